The molecule has 80 valence electrons. The molecule has 0 bridgehead atoms. The van der Waals surface area contributed by atoms with Crippen LogP contribution in [0.3, 0.4) is 0 Å². The molecule has 0 atom stereocenters. The van der Waals surface area contributed by atoms with E-state index < -0.39 is 0 Å². The van der Waals surface area contributed by atoms with Crippen molar-refractivity contribution in [3.8, 4) is 0 Å². The van der Waals surface area contributed by atoms with Gasteiger partial charge < -0.3 is 16.9 Å². The molecule has 1 fully saturated rings. The van der Waals surface area contributed by atoms with Gasteiger partial charge in [-0.3, -0.25) is 0 Å². The van der Waals surface area contributed by atoms with E-state index in [9.17, 15) is 0 Å². The van der Waals surface area contributed by atoms with E-state index >= 15 is 0 Å². The number of unbranched alkanes of at least 4 members (excludes halogenated alkanes) is 1. The molecule has 0 unspecified atom stereocenters. The first-order chi connectivity index (χ1) is 5.83. The highest BCUT2D eigenvalue weighted by Crippen LogP contribution is 2.20. The summed E-state index contributed by atoms with van der Waals surface area (Å²) in [6.45, 7) is 10.4. The molecule has 0 saturated carbocycles. The van der Waals surface area contributed by atoms with E-state index in [-0.39, 0.29) is 12.4 Å². The zero-order valence-electron chi connectivity index (χ0n) is 9.19. The third kappa shape index (κ3) is 3.86. The summed E-state index contributed by atoms with van der Waals surface area (Å²) >= 11 is 0. The van der Waals surface area contributed by atoms with Crippen LogP contribution < -0.4 is 12.4 Å². The summed E-state index contributed by atoms with van der Waals surface area (Å²) in [5.41, 5.74) is 0. The maximum atomic E-state index is 2.32. The van der Waals surface area contributed by atoms with E-state index in [2.05, 4.69) is 13.8 Å². The zero-order chi connectivity index (χ0) is 8.86. The molecular weight excluding hydrogens is 182 g/mol. The molecule has 1 aliphatic rings. The van der Waals surface area contributed by atoms with Crippen LogP contribution in [0, 0.1) is 0 Å². The van der Waals surface area contributed by atoms with E-state index in [0.29, 0.717) is 0 Å². The first kappa shape index (κ1) is 13.2. The lowest BCUT2D eigenvalue weighted by Gasteiger charge is -2.34. The molecule has 13 heavy (non-hydrogen) atoms. The van der Waals surface area contributed by atoms with Crippen molar-refractivity contribution < 1.29 is 16.9 Å². The van der Waals surface area contributed by atoms with Gasteiger partial charge in [0, 0.05) is 12.8 Å². The van der Waals surface area contributed by atoms with Gasteiger partial charge in [-0.25, -0.2) is 0 Å². The highest BCUT2D eigenvalue weighted by Gasteiger charge is 2.29. The second-order valence-corrected chi connectivity index (χ2v) is 4.30. The third-order valence-corrected chi connectivity index (χ3v) is 3.20. The SMILES string of the molecule is CCCC[N+]1(CCC)CCCC1.[Cl-]. The molecule has 0 aliphatic carbocycles. The number of quaternary nitrogens is 1. The van der Waals surface area contributed by atoms with Crippen LogP contribution in [0.4, 0.5) is 0 Å². The Morgan fingerprint density at radius 2 is 1.54 bits per heavy atom. The lowest BCUT2D eigenvalue weighted by atomic mass is 10.2. The summed E-state index contributed by atoms with van der Waals surface area (Å²) in [4.78, 5) is 0. The summed E-state index contributed by atoms with van der Waals surface area (Å²) < 4.78 is 1.45. The molecule has 0 aromatic rings. The minimum Gasteiger partial charge on any atom is -1.00 e. The van der Waals surface area contributed by atoms with Crippen molar-refractivity contribution in [2.45, 2.75) is 46.0 Å². The van der Waals surface area contributed by atoms with E-state index in [1.165, 1.54) is 62.8 Å². The summed E-state index contributed by atoms with van der Waals surface area (Å²) in [6, 6.07) is 0. The maximum Gasteiger partial charge on any atom is 0.0788 e. The second-order valence-electron chi connectivity index (χ2n) is 4.30. The summed E-state index contributed by atoms with van der Waals surface area (Å²) in [5.74, 6) is 0. The molecule has 0 spiro atoms. The van der Waals surface area contributed by atoms with Crippen molar-refractivity contribution in [2.75, 3.05) is 26.2 Å². The molecule has 1 heterocycles. The second kappa shape index (κ2) is 6.67. The maximum absolute atomic E-state index is 2.32. The largest absolute Gasteiger partial charge is 1.00 e. The van der Waals surface area contributed by atoms with Crippen LogP contribution in [-0.4, -0.2) is 30.7 Å². The van der Waals surface area contributed by atoms with Crippen LogP contribution in [0.2, 0.25) is 0 Å². The number of hydrogen-bond acceptors (Lipinski definition) is 0. The lowest BCUT2D eigenvalue weighted by Crippen LogP contribution is -3.00. The number of hydrogen-bond donors (Lipinski definition) is 0. The molecule has 0 aromatic heterocycles. The number of likely N-dealkylation sites (tertiary alicyclic amines) is 1. The Morgan fingerprint density at radius 3 is 2.00 bits per heavy atom. The summed E-state index contributed by atoms with van der Waals surface area (Å²) in [7, 11) is 0. The predicted octanol–water partition coefficient (Wildman–Crippen LogP) is -0.189. The monoisotopic (exact) mass is 205 g/mol. The summed E-state index contributed by atoms with van der Waals surface area (Å²) in [6.07, 6.45) is 7.11. The van der Waals surface area contributed by atoms with Crippen molar-refractivity contribution in [3.63, 3.8) is 0 Å². The molecular formula is C11H24ClN. The van der Waals surface area contributed by atoms with E-state index in [4.69, 9.17) is 0 Å². The van der Waals surface area contributed by atoms with Gasteiger partial charge in [-0.05, 0) is 12.8 Å². The highest BCUT2D eigenvalue weighted by atomic mass is 35.5. The van der Waals surface area contributed by atoms with Crippen molar-refractivity contribution in [1.29, 1.82) is 0 Å². The van der Waals surface area contributed by atoms with E-state index in [1.54, 1.807) is 0 Å². The third-order valence-electron chi connectivity index (χ3n) is 3.20. The predicted molar refractivity (Wildman–Crippen MR) is 54.2 cm³/mol. The first-order valence-electron chi connectivity index (χ1n) is 5.68. The van der Waals surface area contributed by atoms with Gasteiger partial charge in [0.2, 0.25) is 0 Å². The smallest absolute Gasteiger partial charge is 0.0788 e. The average Bonchev–Trinajstić information content (AvgIpc) is 2.51. The van der Waals surface area contributed by atoms with Crippen LogP contribution in [0.5, 0.6) is 0 Å². The molecule has 1 aliphatic heterocycles. The fraction of sp³-hybridized carbons (Fsp3) is 1.00. The van der Waals surface area contributed by atoms with Crippen LogP contribution >= 0.6 is 0 Å². The Labute approximate surface area is 89.5 Å². The molecule has 0 N–H and O–H groups in total. The fourth-order valence-corrected chi connectivity index (χ4v) is 2.53. The minimum atomic E-state index is 0. The van der Waals surface area contributed by atoms with Gasteiger partial charge in [-0.2, -0.15) is 0 Å². The van der Waals surface area contributed by atoms with Crippen LogP contribution in [0.1, 0.15) is 46.0 Å². The Hall–Kier alpha value is 0.250. The first-order valence-corrected chi connectivity index (χ1v) is 5.68. The van der Waals surface area contributed by atoms with Gasteiger partial charge in [0.05, 0.1) is 26.2 Å². The zero-order valence-corrected chi connectivity index (χ0v) is 9.95. The standard InChI is InChI=1S/C11H24N.ClH/c1-3-5-9-12(8-4-2)10-6-7-11-12;/h3-11H2,1-2H3;1H/q+1;/p-1. The topological polar surface area (TPSA) is 0 Å². The minimum absolute atomic E-state index is 0. The van der Waals surface area contributed by atoms with Gasteiger partial charge in [0.15, 0.2) is 0 Å². The van der Waals surface area contributed by atoms with Crippen molar-refractivity contribution in [3.05, 3.63) is 0 Å². The quantitative estimate of drug-likeness (QED) is 0.546. The van der Waals surface area contributed by atoms with Crippen LogP contribution in [0.25, 0.3) is 0 Å². The Kier molecular flexibility index (Phi) is 6.79. The Bertz CT molecular complexity index is 119. The van der Waals surface area contributed by atoms with Crippen molar-refractivity contribution >= 4 is 0 Å². The summed E-state index contributed by atoms with van der Waals surface area (Å²) in [5, 5.41) is 0. The van der Waals surface area contributed by atoms with Crippen molar-refractivity contribution in [1.82, 2.24) is 0 Å². The van der Waals surface area contributed by atoms with Gasteiger partial charge in [0.1, 0.15) is 0 Å². The van der Waals surface area contributed by atoms with Crippen LogP contribution in [-0.2, 0) is 0 Å². The van der Waals surface area contributed by atoms with Crippen LogP contribution in [0.15, 0.2) is 0 Å². The molecule has 0 aromatic carbocycles. The normalized spacial score (nSPS) is 19.8. The van der Waals surface area contributed by atoms with Gasteiger partial charge in [0.25, 0.3) is 0 Å². The molecule has 2 heteroatoms. The molecule has 0 radical (unpaired) electrons. The molecule has 1 saturated heterocycles. The lowest BCUT2D eigenvalue weighted by molar-refractivity contribution is -0.917. The van der Waals surface area contributed by atoms with E-state index in [0.717, 1.165) is 0 Å². The fourth-order valence-electron chi connectivity index (χ4n) is 2.53. The highest BCUT2D eigenvalue weighted by molar-refractivity contribution is 4.54. The Morgan fingerprint density at radius 1 is 0.923 bits per heavy atom. The number of halogens is 1. The molecule has 1 rings (SSSR count). The number of nitrogens with zero attached hydrogens (tertiary/aromatic N) is 1. The Balaban J connectivity index is 0.00000144. The van der Waals surface area contributed by atoms with Gasteiger partial charge >= 0.3 is 0 Å². The van der Waals surface area contributed by atoms with E-state index in [1.807, 2.05) is 0 Å². The average molecular weight is 206 g/mol. The molecule has 1 nitrogen and oxygen atoms in total. The van der Waals surface area contributed by atoms with Gasteiger partial charge in [-0.15, -0.1) is 0 Å². The number of rotatable bonds is 5. The van der Waals surface area contributed by atoms with Crippen molar-refractivity contribution in [2.24, 2.45) is 0 Å². The van der Waals surface area contributed by atoms with Gasteiger partial charge in [-0.1, -0.05) is 20.3 Å². The molecule has 0 amide bonds.